The normalized spacial score (nSPS) is 10.8. The van der Waals surface area contributed by atoms with Crippen LogP contribution in [0.1, 0.15) is 23.2 Å². The standard InChI is InChI=1S/C11H12N2O3/c12-5-1-2-9(14)7-3-4-10-8(6-7)13-11(15)16-10/h3-4,6H,1-2,5,12H2,(H,13,15). The lowest BCUT2D eigenvalue weighted by atomic mass is 10.1. The highest BCUT2D eigenvalue weighted by Gasteiger charge is 2.08. The summed E-state index contributed by atoms with van der Waals surface area (Å²) in [5, 5.41) is 0. The largest absolute Gasteiger partial charge is 0.417 e. The van der Waals surface area contributed by atoms with Crippen molar-refractivity contribution in [3.05, 3.63) is 34.3 Å². The second-order valence-corrected chi connectivity index (χ2v) is 3.54. The Morgan fingerprint density at radius 1 is 1.44 bits per heavy atom. The van der Waals surface area contributed by atoms with Gasteiger partial charge in [0, 0.05) is 12.0 Å². The van der Waals surface area contributed by atoms with Gasteiger partial charge in [0.1, 0.15) is 0 Å². The number of aromatic nitrogens is 1. The van der Waals surface area contributed by atoms with Gasteiger partial charge in [0.05, 0.1) is 5.52 Å². The molecular weight excluding hydrogens is 208 g/mol. The van der Waals surface area contributed by atoms with E-state index >= 15 is 0 Å². The van der Waals surface area contributed by atoms with E-state index in [1.54, 1.807) is 18.2 Å². The van der Waals surface area contributed by atoms with E-state index in [4.69, 9.17) is 10.2 Å². The fourth-order valence-corrected chi connectivity index (χ4v) is 1.53. The van der Waals surface area contributed by atoms with E-state index in [-0.39, 0.29) is 5.78 Å². The van der Waals surface area contributed by atoms with Gasteiger partial charge in [-0.1, -0.05) is 0 Å². The molecule has 1 aromatic carbocycles. The first-order valence-electron chi connectivity index (χ1n) is 5.07. The van der Waals surface area contributed by atoms with Crippen LogP contribution in [0.15, 0.2) is 27.4 Å². The molecule has 1 aromatic heterocycles. The molecule has 0 saturated carbocycles. The van der Waals surface area contributed by atoms with E-state index in [9.17, 15) is 9.59 Å². The Bertz CT molecular complexity index is 568. The monoisotopic (exact) mass is 220 g/mol. The van der Waals surface area contributed by atoms with Crippen LogP contribution in [0.25, 0.3) is 11.1 Å². The maximum atomic E-state index is 11.7. The van der Waals surface area contributed by atoms with E-state index in [0.29, 0.717) is 36.0 Å². The number of benzene rings is 1. The average Bonchev–Trinajstić information content (AvgIpc) is 2.64. The summed E-state index contributed by atoms with van der Waals surface area (Å²) in [6.07, 6.45) is 1.09. The van der Waals surface area contributed by atoms with Gasteiger partial charge in [-0.25, -0.2) is 4.79 Å². The Kier molecular flexibility index (Phi) is 2.87. The first-order valence-corrected chi connectivity index (χ1v) is 5.07. The topological polar surface area (TPSA) is 89.1 Å². The first-order chi connectivity index (χ1) is 7.70. The summed E-state index contributed by atoms with van der Waals surface area (Å²) in [7, 11) is 0. The van der Waals surface area contributed by atoms with Gasteiger partial charge in [0.2, 0.25) is 0 Å². The molecule has 2 aromatic rings. The molecular formula is C11H12N2O3. The fourth-order valence-electron chi connectivity index (χ4n) is 1.53. The third-order valence-corrected chi connectivity index (χ3v) is 2.35. The number of fused-ring (bicyclic) bond motifs is 1. The number of ketones is 1. The SMILES string of the molecule is NCCCC(=O)c1ccc2oc(=O)[nH]c2c1. The maximum absolute atomic E-state index is 11.7. The smallest absolute Gasteiger partial charge is 0.408 e. The van der Waals surface area contributed by atoms with Crippen molar-refractivity contribution in [1.82, 2.24) is 4.98 Å². The molecule has 0 amide bonds. The van der Waals surface area contributed by atoms with Crippen LogP contribution in [0.5, 0.6) is 0 Å². The molecule has 16 heavy (non-hydrogen) atoms. The van der Waals surface area contributed by atoms with Gasteiger partial charge in [-0.15, -0.1) is 0 Å². The van der Waals surface area contributed by atoms with Crippen LogP contribution in [-0.2, 0) is 0 Å². The molecule has 0 bridgehead atoms. The Morgan fingerprint density at radius 2 is 2.25 bits per heavy atom. The molecule has 0 atom stereocenters. The van der Waals surface area contributed by atoms with Gasteiger partial charge < -0.3 is 10.2 Å². The highest BCUT2D eigenvalue weighted by atomic mass is 16.4. The maximum Gasteiger partial charge on any atom is 0.417 e. The molecule has 0 aliphatic rings. The molecule has 0 spiro atoms. The minimum atomic E-state index is -0.512. The number of Topliss-reactive ketones (excluding diaryl/α,β-unsaturated/α-hetero) is 1. The molecule has 3 N–H and O–H groups in total. The number of hydrogen-bond donors (Lipinski definition) is 2. The summed E-state index contributed by atoms with van der Waals surface area (Å²) in [5.41, 5.74) is 6.91. The van der Waals surface area contributed by atoms with Crippen molar-refractivity contribution < 1.29 is 9.21 Å². The Balaban J connectivity index is 2.31. The van der Waals surface area contributed by atoms with Crippen LogP contribution in [0.4, 0.5) is 0 Å². The van der Waals surface area contributed by atoms with Crippen molar-refractivity contribution in [3.8, 4) is 0 Å². The Morgan fingerprint density at radius 3 is 3.00 bits per heavy atom. The van der Waals surface area contributed by atoms with Gasteiger partial charge >= 0.3 is 5.76 Å². The quantitative estimate of drug-likeness (QED) is 0.753. The van der Waals surface area contributed by atoms with E-state index in [1.807, 2.05) is 0 Å². The number of nitrogens with one attached hydrogen (secondary N) is 1. The molecule has 0 fully saturated rings. The lowest BCUT2D eigenvalue weighted by Crippen LogP contribution is -2.04. The summed E-state index contributed by atoms with van der Waals surface area (Å²) >= 11 is 0. The predicted molar refractivity (Wildman–Crippen MR) is 59.5 cm³/mol. The number of oxazole rings is 1. The minimum absolute atomic E-state index is 0.0226. The Labute approximate surface area is 91.2 Å². The number of carbonyl (C=O) groups is 1. The molecule has 0 saturated heterocycles. The molecule has 84 valence electrons. The van der Waals surface area contributed by atoms with Gasteiger partial charge in [-0.3, -0.25) is 9.78 Å². The number of H-pyrrole nitrogens is 1. The van der Waals surface area contributed by atoms with Crippen molar-refractivity contribution in [3.63, 3.8) is 0 Å². The minimum Gasteiger partial charge on any atom is -0.408 e. The lowest BCUT2D eigenvalue weighted by Gasteiger charge is -1.99. The zero-order valence-electron chi connectivity index (χ0n) is 8.66. The third-order valence-electron chi connectivity index (χ3n) is 2.35. The van der Waals surface area contributed by atoms with E-state index in [2.05, 4.69) is 4.98 Å². The van der Waals surface area contributed by atoms with Crippen molar-refractivity contribution in [2.45, 2.75) is 12.8 Å². The van der Waals surface area contributed by atoms with Crippen LogP contribution < -0.4 is 11.5 Å². The van der Waals surface area contributed by atoms with E-state index in [0.717, 1.165) is 0 Å². The van der Waals surface area contributed by atoms with Gasteiger partial charge in [0.25, 0.3) is 0 Å². The van der Waals surface area contributed by atoms with Crippen LogP contribution in [0.3, 0.4) is 0 Å². The van der Waals surface area contributed by atoms with Gasteiger partial charge in [-0.2, -0.15) is 0 Å². The average molecular weight is 220 g/mol. The van der Waals surface area contributed by atoms with Crippen LogP contribution >= 0.6 is 0 Å². The van der Waals surface area contributed by atoms with Gasteiger partial charge in [-0.05, 0) is 31.2 Å². The Hall–Kier alpha value is -1.88. The summed E-state index contributed by atoms with van der Waals surface area (Å²) in [5.74, 6) is -0.490. The fraction of sp³-hybridized carbons (Fsp3) is 0.273. The molecule has 0 unspecified atom stereocenters. The highest BCUT2D eigenvalue weighted by molar-refractivity contribution is 5.98. The van der Waals surface area contributed by atoms with Crippen LogP contribution in [-0.4, -0.2) is 17.3 Å². The van der Waals surface area contributed by atoms with Crippen molar-refractivity contribution in [1.29, 1.82) is 0 Å². The molecule has 0 aliphatic carbocycles. The molecule has 2 rings (SSSR count). The van der Waals surface area contributed by atoms with Crippen molar-refractivity contribution in [2.75, 3.05) is 6.54 Å². The number of nitrogens with two attached hydrogens (primary N) is 1. The highest BCUT2D eigenvalue weighted by Crippen LogP contribution is 2.14. The first kappa shape index (κ1) is 10.6. The molecule has 0 radical (unpaired) electrons. The van der Waals surface area contributed by atoms with E-state index < -0.39 is 5.76 Å². The zero-order valence-corrected chi connectivity index (χ0v) is 8.66. The summed E-state index contributed by atoms with van der Waals surface area (Å²) in [6, 6.07) is 4.89. The molecule has 5 nitrogen and oxygen atoms in total. The van der Waals surface area contributed by atoms with Crippen molar-refractivity contribution >= 4 is 16.9 Å². The lowest BCUT2D eigenvalue weighted by molar-refractivity contribution is 0.0981. The van der Waals surface area contributed by atoms with Gasteiger partial charge in [0.15, 0.2) is 11.4 Å². The van der Waals surface area contributed by atoms with E-state index in [1.165, 1.54) is 0 Å². The second-order valence-electron chi connectivity index (χ2n) is 3.54. The predicted octanol–water partition coefficient (Wildman–Crippen LogP) is 1.04. The molecule has 5 heteroatoms. The van der Waals surface area contributed by atoms with Crippen LogP contribution in [0, 0.1) is 0 Å². The third kappa shape index (κ3) is 2.04. The number of carbonyl (C=O) groups excluding carboxylic acids is 1. The zero-order chi connectivity index (χ0) is 11.5. The van der Waals surface area contributed by atoms with Crippen molar-refractivity contribution in [2.24, 2.45) is 5.73 Å². The molecule has 0 aliphatic heterocycles. The number of aromatic amines is 1. The molecule has 1 heterocycles. The summed E-state index contributed by atoms with van der Waals surface area (Å²) in [4.78, 5) is 25.1. The number of rotatable bonds is 4. The summed E-state index contributed by atoms with van der Waals surface area (Å²) in [6.45, 7) is 0.497. The second kappa shape index (κ2) is 4.32. The van der Waals surface area contributed by atoms with Crippen LogP contribution in [0.2, 0.25) is 0 Å². The summed E-state index contributed by atoms with van der Waals surface area (Å²) < 4.78 is 4.84. The number of hydrogen-bond acceptors (Lipinski definition) is 4.